The Labute approximate surface area is 111 Å². The molecule has 0 aliphatic heterocycles. The first-order valence-electron chi connectivity index (χ1n) is 7.38. The summed E-state index contributed by atoms with van der Waals surface area (Å²) in [4.78, 5) is 0. The minimum Gasteiger partial charge on any atom is -0.388 e. The van der Waals surface area contributed by atoms with Crippen LogP contribution in [0.25, 0.3) is 0 Å². The van der Waals surface area contributed by atoms with Crippen LogP contribution in [0.4, 0.5) is 0 Å². The van der Waals surface area contributed by atoms with Gasteiger partial charge in [0.05, 0.1) is 6.10 Å². The van der Waals surface area contributed by atoms with Gasteiger partial charge in [0.15, 0.2) is 0 Å². The van der Waals surface area contributed by atoms with Crippen LogP contribution in [0.2, 0.25) is 0 Å². The minimum absolute atomic E-state index is 0.268. The smallest absolute Gasteiger partial charge is 0.0823 e. The van der Waals surface area contributed by atoms with Gasteiger partial charge in [-0.05, 0) is 43.2 Å². The van der Waals surface area contributed by atoms with Gasteiger partial charge in [-0.2, -0.15) is 0 Å². The molecule has 1 fully saturated rings. The molecule has 3 unspecified atom stereocenters. The molecule has 0 radical (unpaired) electrons. The van der Waals surface area contributed by atoms with Crippen LogP contribution in [-0.2, 0) is 0 Å². The Kier molecular flexibility index (Phi) is 4.45. The van der Waals surface area contributed by atoms with Crippen molar-refractivity contribution in [3.05, 3.63) is 34.9 Å². The number of aryl methyl sites for hydroxylation is 2. The van der Waals surface area contributed by atoms with Gasteiger partial charge >= 0.3 is 0 Å². The molecule has 0 bridgehead atoms. The standard InChI is InChI=1S/C17H26O/c1-4-14-7-5-6-8-15(14)17(18)16-11-12(2)9-10-13(16)3/h9-11,14-15,17-18H,4-8H2,1-3H3. The summed E-state index contributed by atoms with van der Waals surface area (Å²) in [5.41, 5.74) is 3.63. The van der Waals surface area contributed by atoms with Crippen molar-refractivity contribution in [2.24, 2.45) is 11.8 Å². The van der Waals surface area contributed by atoms with E-state index in [-0.39, 0.29) is 6.10 Å². The van der Waals surface area contributed by atoms with E-state index in [1.807, 2.05) is 0 Å². The second-order valence-corrected chi connectivity index (χ2v) is 5.92. The molecular formula is C17H26O. The van der Waals surface area contributed by atoms with Gasteiger partial charge in [0, 0.05) is 0 Å². The molecular weight excluding hydrogens is 220 g/mol. The zero-order valence-electron chi connectivity index (χ0n) is 11.9. The van der Waals surface area contributed by atoms with Crippen molar-refractivity contribution in [1.82, 2.24) is 0 Å². The van der Waals surface area contributed by atoms with Gasteiger partial charge in [-0.25, -0.2) is 0 Å². The maximum atomic E-state index is 10.8. The Morgan fingerprint density at radius 3 is 2.67 bits per heavy atom. The van der Waals surface area contributed by atoms with Gasteiger partial charge in [0.2, 0.25) is 0 Å². The van der Waals surface area contributed by atoms with Crippen LogP contribution in [-0.4, -0.2) is 5.11 Å². The fraction of sp³-hybridized carbons (Fsp3) is 0.647. The highest BCUT2D eigenvalue weighted by Gasteiger charge is 2.31. The van der Waals surface area contributed by atoms with Gasteiger partial charge in [0.1, 0.15) is 0 Å². The molecule has 3 atom stereocenters. The van der Waals surface area contributed by atoms with E-state index in [0.29, 0.717) is 11.8 Å². The van der Waals surface area contributed by atoms with Gasteiger partial charge in [-0.15, -0.1) is 0 Å². The molecule has 1 aliphatic rings. The molecule has 0 spiro atoms. The van der Waals surface area contributed by atoms with Crippen molar-refractivity contribution in [2.45, 2.75) is 59.0 Å². The number of hydrogen-bond acceptors (Lipinski definition) is 1. The average molecular weight is 246 g/mol. The number of benzene rings is 1. The summed E-state index contributed by atoms with van der Waals surface area (Å²) in [5, 5.41) is 10.8. The third-order valence-electron chi connectivity index (χ3n) is 4.65. The van der Waals surface area contributed by atoms with Crippen LogP contribution in [0.1, 0.15) is 61.8 Å². The average Bonchev–Trinajstić information content (AvgIpc) is 2.40. The Balaban J connectivity index is 2.23. The highest BCUT2D eigenvalue weighted by Crippen LogP contribution is 2.41. The van der Waals surface area contributed by atoms with E-state index in [2.05, 4.69) is 39.0 Å². The van der Waals surface area contributed by atoms with Crippen molar-refractivity contribution >= 4 is 0 Å². The SMILES string of the molecule is CCC1CCCCC1C(O)c1cc(C)ccc1C. The highest BCUT2D eigenvalue weighted by atomic mass is 16.3. The lowest BCUT2D eigenvalue weighted by atomic mass is 9.73. The fourth-order valence-corrected chi connectivity index (χ4v) is 3.47. The lowest BCUT2D eigenvalue weighted by Gasteiger charge is -2.35. The van der Waals surface area contributed by atoms with Crippen LogP contribution in [0.3, 0.4) is 0 Å². The summed E-state index contributed by atoms with van der Waals surface area (Å²) < 4.78 is 0. The Morgan fingerprint density at radius 1 is 1.22 bits per heavy atom. The lowest BCUT2D eigenvalue weighted by Crippen LogP contribution is -2.25. The second kappa shape index (κ2) is 5.88. The van der Waals surface area contributed by atoms with Crippen molar-refractivity contribution in [3.63, 3.8) is 0 Å². The monoisotopic (exact) mass is 246 g/mol. The highest BCUT2D eigenvalue weighted by molar-refractivity contribution is 5.32. The summed E-state index contributed by atoms with van der Waals surface area (Å²) in [6, 6.07) is 6.43. The van der Waals surface area contributed by atoms with E-state index in [1.165, 1.54) is 43.2 Å². The first kappa shape index (κ1) is 13.6. The molecule has 1 nitrogen and oxygen atoms in total. The molecule has 0 saturated heterocycles. The molecule has 1 aromatic rings. The first-order chi connectivity index (χ1) is 8.63. The maximum Gasteiger partial charge on any atom is 0.0823 e. The fourth-order valence-electron chi connectivity index (χ4n) is 3.47. The van der Waals surface area contributed by atoms with Gasteiger partial charge in [0.25, 0.3) is 0 Å². The molecule has 0 heterocycles. The predicted octanol–water partition coefficient (Wildman–Crippen LogP) is 4.55. The third-order valence-corrected chi connectivity index (χ3v) is 4.65. The molecule has 100 valence electrons. The molecule has 1 aliphatic carbocycles. The largest absolute Gasteiger partial charge is 0.388 e. The lowest BCUT2D eigenvalue weighted by molar-refractivity contribution is 0.0447. The Morgan fingerprint density at radius 2 is 1.94 bits per heavy atom. The predicted molar refractivity (Wildman–Crippen MR) is 76.6 cm³/mol. The van der Waals surface area contributed by atoms with Crippen LogP contribution in [0.5, 0.6) is 0 Å². The number of aliphatic hydroxyl groups is 1. The number of hydrogen-bond donors (Lipinski definition) is 1. The molecule has 18 heavy (non-hydrogen) atoms. The quantitative estimate of drug-likeness (QED) is 0.829. The van der Waals surface area contributed by atoms with Crippen molar-refractivity contribution in [2.75, 3.05) is 0 Å². The van der Waals surface area contributed by atoms with E-state index in [4.69, 9.17) is 0 Å². The van der Waals surface area contributed by atoms with Gasteiger partial charge in [-0.3, -0.25) is 0 Å². The van der Waals surface area contributed by atoms with Crippen LogP contribution < -0.4 is 0 Å². The zero-order chi connectivity index (χ0) is 13.1. The van der Waals surface area contributed by atoms with Crippen molar-refractivity contribution < 1.29 is 5.11 Å². The zero-order valence-corrected chi connectivity index (χ0v) is 11.9. The van der Waals surface area contributed by atoms with E-state index in [9.17, 15) is 5.11 Å². The summed E-state index contributed by atoms with van der Waals surface area (Å²) in [6.45, 7) is 6.48. The van der Waals surface area contributed by atoms with Crippen molar-refractivity contribution in [1.29, 1.82) is 0 Å². The Hall–Kier alpha value is -0.820. The minimum atomic E-state index is -0.268. The van der Waals surface area contributed by atoms with Gasteiger partial charge < -0.3 is 5.11 Å². The topological polar surface area (TPSA) is 20.2 Å². The third kappa shape index (κ3) is 2.77. The van der Waals surface area contributed by atoms with E-state index in [1.54, 1.807) is 0 Å². The Bertz CT molecular complexity index is 397. The summed E-state index contributed by atoms with van der Waals surface area (Å²) in [5.74, 6) is 1.16. The molecule has 0 aromatic heterocycles. The van der Waals surface area contributed by atoms with Crippen LogP contribution >= 0.6 is 0 Å². The van der Waals surface area contributed by atoms with Gasteiger partial charge in [-0.1, -0.05) is 56.4 Å². The summed E-state index contributed by atoms with van der Waals surface area (Å²) >= 11 is 0. The molecule has 1 aromatic carbocycles. The number of rotatable bonds is 3. The maximum absolute atomic E-state index is 10.8. The van der Waals surface area contributed by atoms with Crippen molar-refractivity contribution in [3.8, 4) is 0 Å². The molecule has 1 heteroatoms. The molecule has 0 amide bonds. The molecule has 1 N–H and O–H groups in total. The first-order valence-corrected chi connectivity index (χ1v) is 7.38. The van der Waals surface area contributed by atoms with E-state index in [0.717, 1.165) is 5.56 Å². The van der Waals surface area contributed by atoms with E-state index >= 15 is 0 Å². The van der Waals surface area contributed by atoms with Crippen LogP contribution in [0, 0.1) is 25.7 Å². The van der Waals surface area contributed by atoms with Crippen LogP contribution in [0.15, 0.2) is 18.2 Å². The number of aliphatic hydroxyl groups excluding tert-OH is 1. The molecule has 1 saturated carbocycles. The summed E-state index contributed by atoms with van der Waals surface area (Å²) in [7, 11) is 0. The normalized spacial score (nSPS) is 26.0. The summed E-state index contributed by atoms with van der Waals surface area (Å²) in [6.07, 6.45) is 6.04. The second-order valence-electron chi connectivity index (χ2n) is 5.92. The van der Waals surface area contributed by atoms with E-state index < -0.39 is 0 Å². The molecule has 2 rings (SSSR count).